The number of ether oxygens (including phenoxy) is 5. The number of carbonyl (C=O) groups is 2. The van der Waals surface area contributed by atoms with E-state index in [1.54, 1.807) is 0 Å². The summed E-state index contributed by atoms with van der Waals surface area (Å²) in [7, 11) is 1.33. The molecule has 0 aliphatic heterocycles. The van der Waals surface area contributed by atoms with E-state index in [2.05, 4.69) is 6.92 Å². The number of aliphatic hydroxyl groups is 1. The van der Waals surface area contributed by atoms with Gasteiger partial charge >= 0.3 is 12.1 Å². The molecule has 38 heavy (non-hydrogen) atoms. The zero-order valence-electron chi connectivity index (χ0n) is 23.1. The number of rotatable bonds is 15. The lowest BCUT2D eigenvalue weighted by Crippen LogP contribution is -2.55. The molecular formula is C29H45NO8. The fraction of sp³-hybridized carbons (Fsp3) is 0.724. The van der Waals surface area contributed by atoms with Gasteiger partial charge < -0.3 is 34.5 Å². The highest BCUT2D eigenvalue weighted by Crippen LogP contribution is 2.51. The van der Waals surface area contributed by atoms with Crippen molar-refractivity contribution < 1.29 is 38.4 Å². The quantitative estimate of drug-likeness (QED) is 0.253. The molecule has 0 amide bonds. The molecule has 2 aliphatic rings. The summed E-state index contributed by atoms with van der Waals surface area (Å²) >= 11 is 0. The van der Waals surface area contributed by atoms with Crippen LogP contribution in [0, 0.1) is 11.8 Å². The Morgan fingerprint density at radius 2 is 2.00 bits per heavy atom. The highest BCUT2D eigenvalue weighted by atomic mass is 16.7. The first-order valence-corrected chi connectivity index (χ1v) is 14.0. The first-order valence-electron chi connectivity index (χ1n) is 14.0. The molecule has 0 aromatic heterocycles. The molecule has 9 heteroatoms. The lowest BCUT2D eigenvalue weighted by molar-refractivity contribution is -0.142. The smallest absolute Gasteiger partial charge is 0.482 e. The number of fused-ring (bicyclic) bond motifs is 2. The Hall–Kier alpha value is -2.36. The summed E-state index contributed by atoms with van der Waals surface area (Å²) in [6.07, 6.45) is 5.52. The van der Waals surface area contributed by atoms with Crippen molar-refractivity contribution in [3.63, 3.8) is 0 Å². The van der Waals surface area contributed by atoms with E-state index in [1.165, 1.54) is 7.11 Å². The predicted molar refractivity (Wildman–Crippen MR) is 142 cm³/mol. The van der Waals surface area contributed by atoms with E-state index in [1.807, 2.05) is 25.1 Å². The van der Waals surface area contributed by atoms with Gasteiger partial charge in [-0.3, -0.25) is 0 Å². The van der Waals surface area contributed by atoms with E-state index < -0.39 is 29.9 Å². The molecule has 1 aromatic rings. The molecule has 3 rings (SSSR count). The van der Waals surface area contributed by atoms with E-state index in [-0.39, 0.29) is 25.0 Å². The van der Waals surface area contributed by atoms with Gasteiger partial charge in [-0.2, -0.15) is 0 Å². The molecule has 0 radical (unpaired) electrons. The van der Waals surface area contributed by atoms with Gasteiger partial charge in [0.15, 0.2) is 6.61 Å². The van der Waals surface area contributed by atoms with Gasteiger partial charge in [-0.15, -0.1) is 0 Å². The lowest BCUT2D eigenvalue weighted by atomic mass is 9.68. The first-order chi connectivity index (χ1) is 18.3. The van der Waals surface area contributed by atoms with Crippen LogP contribution in [0.2, 0.25) is 0 Å². The van der Waals surface area contributed by atoms with Crippen molar-refractivity contribution in [2.75, 3.05) is 33.5 Å². The van der Waals surface area contributed by atoms with Crippen molar-refractivity contribution in [1.82, 2.24) is 0 Å². The molecule has 0 spiro atoms. The molecule has 0 saturated heterocycles. The number of hydrogen-bond acceptors (Lipinski definition) is 9. The third-order valence-corrected chi connectivity index (χ3v) is 8.02. The van der Waals surface area contributed by atoms with Gasteiger partial charge in [0.25, 0.3) is 0 Å². The van der Waals surface area contributed by atoms with Gasteiger partial charge in [-0.25, -0.2) is 9.59 Å². The van der Waals surface area contributed by atoms with Crippen LogP contribution in [0.1, 0.15) is 69.9 Å². The van der Waals surface area contributed by atoms with Crippen molar-refractivity contribution in [2.45, 2.75) is 89.4 Å². The lowest BCUT2D eigenvalue weighted by Gasteiger charge is -2.42. The normalized spacial score (nSPS) is 24.7. The van der Waals surface area contributed by atoms with Crippen LogP contribution in [0.3, 0.4) is 0 Å². The van der Waals surface area contributed by atoms with Crippen LogP contribution >= 0.6 is 0 Å². The summed E-state index contributed by atoms with van der Waals surface area (Å²) in [5.74, 6) is 0.126. The van der Waals surface area contributed by atoms with Crippen LogP contribution < -0.4 is 10.5 Å². The largest absolute Gasteiger partial charge is 0.508 e. The Kier molecular flexibility index (Phi) is 11.7. The summed E-state index contributed by atoms with van der Waals surface area (Å²) in [5.41, 5.74) is 8.68. The second kappa shape index (κ2) is 14.7. The predicted octanol–water partition coefficient (Wildman–Crippen LogP) is 3.95. The number of hydrogen-bond donors (Lipinski definition) is 2. The van der Waals surface area contributed by atoms with Crippen LogP contribution in [-0.4, -0.2) is 68.5 Å². The Balaban J connectivity index is 1.75. The number of nitrogens with two attached hydrogens (primary N) is 1. The SMILES string of the molecule is CCCCC[C@H](O)CC[C@H]1[C@H](OC(=O)OCCOCC)C[C@@H]2Cc3c(cccc3OCC(=O)OC)C[C@@]21N. The summed E-state index contributed by atoms with van der Waals surface area (Å²) in [6, 6.07) is 5.80. The summed E-state index contributed by atoms with van der Waals surface area (Å²) in [5, 5.41) is 10.6. The van der Waals surface area contributed by atoms with E-state index in [9.17, 15) is 14.7 Å². The molecule has 0 bridgehead atoms. The van der Waals surface area contributed by atoms with Gasteiger partial charge in [0.05, 0.1) is 19.8 Å². The summed E-state index contributed by atoms with van der Waals surface area (Å²) < 4.78 is 26.8. The van der Waals surface area contributed by atoms with Crippen LogP contribution in [0.15, 0.2) is 18.2 Å². The number of methoxy groups -OCH3 is 1. The molecule has 5 atom stereocenters. The third kappa shape index (κ3) is 7.83. The molecule has 9 nitrogen and oxygen atoms in total. The van der Waals surface area contributed by atoms with E-state index >= 15 is 0 Å². The highest BCUT2D eigenvalue weighted by Gasteiger charge is 2.56. The van der Waals surface area contributed by atoms with Crippen molar-refractivity contribution in [3.8, 4) is 5.75 Å². The molecule has 0 heterocycles. The third-order valence-electron chi connectivity index (χ3n) is 8.02. The van der Waals surface area contributed by atoms with E-state index in [4.69, 9.17) is 29.4 Å². The van der Waals surface area contributed by atoms with E-state index in [0.29, 0.717) is 51.1 Å². The van der Waals surface area contributed by atoms with Crippen LogP contribution in [0.4, 0.5) is 4.79 Å². The molecule has 1 aromatic carbocycles. The minimum absolute atomic E-state index is 0.0429. The number of esters is 1. The maximum absolute atomic E-state index is 12.5. The van der Waals surface area contributed by atoms with Gasteiger partial charge in [0, 0.05) is 18.1 Å². The Bertz CT molecular complexity index is 909. The van der Waals surface area contributed by atoms with Crippen molar-refractivity contribution in [2.24, 2.45) is 17.6 Å². The van der Waals surface area contributed by atoms with Gasteiger partial charge in [0.1, 0.15) is 18.5 Å². The van der Waals surface area contributed by atoms with Crippen LogP contribution in [-0.2, 0) is 36.6 Å². The summed E-state index contributed by atoms with van der Waals surface area (Å²) in [4.78, 5) is 24.2. The zero-order valence-corrected chi connectivity index (χ0v) is 23.1. The summed E-state index contributed by atoms with van der Waals surface area (Å²) in [6.45, 7) is 4.85. The van der Waals surface area contributed by atoms with Gasteiger partial charge in [0.2, 0.25) is 0 Å². The Morgan fingerprint density at radius 1 is 1.18 bits per heavy atom. The second-order valence-electron chi connectivity index (χ2n) is 10.5. The van der Waals surface area contributed by atoms with E-state index in [0.717, 1.165) is 36.8 Å². The molecule has 1 saturated carbocycles. The molecule has 1 fully saturated rings. The molecule has 2 aliphatic carbocycles. The van der Waals surface area contributed by atoms with Crippen molar-refractivity contribution in [1.29, 1.82) is 0 Å². The molecule has 3 N–H and O–H groups in total. The maximum Gasteiger partial charge on any atom is 0.508 e. The van der Waals surface area contributed by atoms with Crippen LogP contribution in [0.25, 0.3) is 0 Å². The van der Waals surface area contributed by atoms with Crippen LogP contribution in [0.5, 0.6) is 5.75 Å². The minimum atomic E-state index is -0.718. The molecule has 0 unspecified atom stereocenters. The average molecular weight is 536 g/mol. The van der Waals surface area contributed by atoms with Gasteiger partial charge in [-0.1, -0.05) is 38.3 Å². The minimum Gasteiger partial charge on any atom is -0.482 e. The topological polar surface area (TPSA) is 127 Å². The van der Waals surface area contributed by atoms with Crippen molar-refractivity contribution >= 4 is 12.1 Å². The fourth-order valence-corrected chi connectivity index (χ4v) is 5.99. The molecule has 214 valence electrons. The Labute approximate surface area is 226 Å². The molecular weight excluding hydrogens is 490 g/mol. The standard InChI is InChI=1S/C29H45NO8/c1-4-6-7-10-22(31)12-13-24-26(38-28(33)36-15-14-35-5-2)17-21-16-23-20(18-29(21,24)30)9-8-11-25(23)37-19-27(32)34-3/h8-9,11,21-22,24,26,31H,4-7,10,12-19,30H2,1-3H3/t21-,22-,24-,26+,29+/m0/s1. The van der Waals surface area contributed by atoms with Crippen molar-refractivity contribution in [3.05, 3.63) is 29.3 Å². The second-order valence-corrected chi connectivity index (χ2v) is 10.5. The number of unbranched alkanes of at least 4 members (excludes halogenated alkanes) is 2. The van der Waals surface area contributed by atoms with Gasteiger partial charge in [-0.05, 0) is 68.6 Å². The maximum atomic E-state index is 12.5. The number of benzene rings is 1. The monoisotopic (exact) mass is 535 g/mol. The number of aliphatic hydroxyl groups excluding tert-OH is 1. The highest BCUT2D eigenvalue weighted by molar-refractivity contribution is 5.71. The first kappa shape index (κ1) is 30.2. The number of carbonyl (C=O) groups excluding carboxylic acids is 2. The average Bonchev–Trinajstić information content (AvgIpc) is 3.16. The fourth-order valence-electron chi connectivity index (χ4n) is 5.99. The zero-order chi connectivity index (χ0) is 27.5. The Morgan fingerprint density at radius 3 is 2.74 bits per heavy atom.